The van der Waals surface area contributed by atoms with Crippen LogP contribution in [0.1, 0.15) is 57.1 Å². The van der Waals surface area contributed by atoms with Crippen LogP contribution in [0.2, 0.25) is 0 Å². The van der Waals surface area contributed by atoms with E-state index in [2.05, 4.69) is 21.5 Å². The van der Waals surface area contributed by atoms with Crippen molar-refractivity contribution in [1.82, 2.24) is 29.3 Å². The highest BCUT2D eigenvalue weighted by Crippen LogP contribution is 2.37. The maximum atomic E-state index is 12.6. The number of aliphatic hydroxyl groups excluding tert-OH is 1. The molecule has 3 aromatic heterocycles. The topological polar surface area (TPSA) is 110 Å². The van der Waals surface area contributed by atoms with Crippen molar-refractivity contribution in [2.24, 2.45) is 0 Å². The number of amides is 1. The van der Waals surface area contributed by atoms with Crippen LogP contribution in [-0.2, 0) is 16.1 Å². The number of likely N-dealkylation sites (tertiary alicyclic amines) is 1. The van der Waals surface area contributed by atoms with E-state index in [9.17, 15) is 9.90 Å². The number of methoxy groups -OCH3 is 1. The molecule has 3 aromatic rings. The summed E-state index contributed by atoms with van der Waals surface area (Å²) >= 11 is 0. The fourth-order valence-corrected chi connectivity index (χ4v) is 5.28. The minimum absolute atomic E-state index is 0.0761. The van der Waals surface area contributed by atoms with Gasteiger partial charge in [-0.25, -0.2) is 9.50 Å². The molecule has 0 unspecified atom stereocenters. The Morgan fingerprint density at radius 1 is 1.23 bits per heavy atom. The van der Waals surface area contributed by atoms with Crippen LogP contribution in [0, 0.1) is 0 Å². The van der Waals surface area contributed by atoms with Crippen LogP contribution >= 0.6 is 0 Å². The zero-order valence-electron chi connectivity index (χ0n) is 20.6. The van der Waals surface area contributed by atoms with E-state index in [1.807, 2.05) is 34.9 Å². The number of anilines is 1. The smallest absolute Gasteiger partial charge is 0.244 e. The first-order valence-electron chi connectivity index (χ1n) is 12.6. The third-order valence-electron chi connectivity index (χ3n) is 7.15. The lowest BCUT2D eigenvalue weighted by atomic mass is 9.85. The predicted octanol–water partition coefficient (Wildman–Crippen LogP) is 2.68. The van der Waals surface area contributed by atoms with Gasteiger partial charge in [-0.3, -0.25) is 9.48 Å². The second kappa shape index (κ2) is 10.3. The maximum absolute atomic E-state index is 12.6. The highest BCUT2D eigenvalue weighted by molar-refractivity contribution is 5.81. The van der Waals surface area contributed by atoms with E-state index in [1.165, 1.54) is 0 Å². The van der Waals surface area contributed by atoms with Crippen molar-refractivity contribution in [2.75, 3.05) is 32.1 Å². The Balaban J connectivity index is 1.45. The van der Waals surface area contributed by atoms with E-state index in [1.54, 1.807) is 11.8 Å². The van der Waals surface area contributed by atoms with Crippen LogP contribution in [-0.4, -0.2) is 79.2 Å². The Hall–Kier alpha value is -2.98. The molecule has 0 spiro atoms. The van der Waals surface area contributed by atoms with Crippen LogP contribution in [0.25, 0.3) is 16.6 Å². The van der Waals surface area contributed by atoms with Gasteiger partial charge in [0.05, 0.1) is 30.6 Å². The second-order valence-electron chi connectivity index (χ2n) is 9.88. The Morgan fingerprint density at radius 3 is 2.74 bits per heavy atom. The molecule has 0 bridgehead atoms. The molecule has 1 amide bonds. The molecule has 2 aliphatic rings. The van der Waals surface area contributed by atoms with Crippen molar-refractivity contribution in [1.29, 1.82) is 0 Å². The van der Waals surface area contributed by atoms with Crippen LogP contribution in [0.15, 0.2) is 24.7 Å². The van der Waals surface area contributed by atoms with Crippen LogP contribution < -0.4 is 5.32 Å². The first-order chi connectivity index (χ1) is 17.0. The normalized spacial score (nSPS) is 21.5. The molecule has 1 atom stereocenters. The average molecular weight is 482 g/mol. The molecule has 10 nitrogen and oxygen atoms in total. The average Bonchev–Trinajstić information content (AvgIpc) is 3.60. The van der Waals surface area contributed by atoms with Crippen molar-refractivity contribution in [3.63, 3.8) is 0 Å². The number of carbonyl (C=O) groups is 1. The fraction of sp³-hybridized carbons (Fsp3) is 0.600. The number of ether oxygens (including phenoxy) is 1. The molecule has 5 rings (SSSR count). The van der Waals surface area contributed by atoms with E-state index in [-0.39, 0.29) is 24.6 Å². The summed E-state index contributed by atoms with van der Waals surface area (Å²) in [4.78, 5) is 19.1. The quantitative estimate of drug-likeness (QED) is 0.509. The summed E-state index contributed by atoms with van der Waals surface area (Å²) < 4.78 is 8.94. The lowest BCUT2D eigenvalue weighted by Crippen LogP contribution is -2.31. The van der Waals surface area contributed by atoms with Crippen molar-refractivity contribution < 1.29 is 14.6 Å². The number of aliphatic hydroxyl groups is 1. The molecule has 10 heteroatoms. The van der Waals surface area contributed by atoms with Crippen molar-refractivity contribution >= 4 is 17.4 Å². The first-order valence-corrected chi connectivity index (χ1v) is 12.6. The van der Waals surface area contributed by atoms with Crippen LogP contribution in [0.5, 0.6) is 0 Å². The summed E-state index contributed by atoms with van der Waals surface area (Å²) in [6, 6.07) is 2.26. The number of aromatic nitrogens is 5. The van der Waals surface area contributed by atoms with E-state index < -0.39 is 0 Å². The molecule has 4 heterocycles. The number of carbonyl (C=O) groups excluding carboxylic acids is 1. The molecule has 1 saturated heterocycles. The Bertz CT molecular complexity index is 1160. The van der Waals surface area contributed by atoms with Gasteiger partial charge in [-0.1, -0.05) is 0 Å². The summed E-state index contributed by atoms with van der Waals surface area (Å²) in [5, 5.41) is 22.6. The van der Waals surface area contributed by atoms with E-state index in [4.69, 9.17) is 9.84 Å². The number of fused-ring (bicyclic) bond motifs is 1. The standard InChI is InChI=1S/C25H35N7O3/c1-17(16-35-2)28-25-26-13-23-21(11-22(32(23)29-25)18-5-7-20(33)8-6-18)19-12-27-31(14-19)15-24(34)30-9-3-4-10-30/h11-14,17-18,20,33H,3-10,15-16H2,1-2H3,(H,28,29)/t17-,18?,20?/m0/s1. The monoisotopic (exact) mass is 481 g/mol. The molecule has 0 aromatic carbocycles. The van der Waals surface area contributed by atoms with Gasteiger partial charge in [0.25, 0.3) is 0 Å². The van der Waals surface area contributed by atoms with Crippen LogP contribution in [0.3, 0.4) is 0 Å². The van der Waals surface area contributed by atoms with Gasteiger partial charge >= 0.3 is 0 Å². The van der Waals surface area contributed by atoms with Crippen LogP contribution in [0.4, 0.5) is 5.95 Å². The van der Waals surface area contributed by atoms with Gasteiger partial charge in [-0.15, -0.1) is 5.10 Å². The van der Waals surface area contributed by atoms with Gasteiger partial charge in [0.2, 0.25) is 11.9 Å². The predicted molar refractivity (Wildman–Crippen MR) is 132 cm³/mol. The molecule has 0 radical (unpaired) electrons. The van der Waals surface area contributed by atoms with Gasteiger partial charge in [0, 0.05) is 55.2 Å². The van der Waals surface area contributed by atoms with Gasteiger partial charge in [0.1, 0.15) is 6.54 Å². The summed E-state index contributed by atoms with van der Waals surface area (Å²) in [6.07, 6.45) is 11.0. The third-order valence-corrected chi connectivity index (χ3v) is 7.15. The third kappa shape index (κ3) is 5.18. The largest absolute Gasteiger partial charge is 0.393 e. The summed E-state index contributed by atoms with van der Waals surface area (Å²) in [7, 11) is 1.68. The zero-order valence-corrected chi connectivity index (χ0v) is 20.6. The number of hydrogen-bond acceptors (Lipinski definition) is 7. The molecule has 2 N–H and O–H groups in total. The Kier molecular flexibility index (Phi) is 7.01. The fourth-order valence-electron chi connectivity index (χ4n) is 5.28. The second-order valence-corrected chi connectivity index (χ2v) is 9.88. The molecule has 1 saturated carbocycles. The molecule has 35 heavy (non-hydrogen) atoms. The summed E-state index contributed by atoms with van der Waals surface area (Å²) in [5.41, 5.74) is 3.97. The zero-order chi connectivity index (χ0) is 24.4. The van der Waals surface area contributed by atoms with Gasteiger partial charge < -0.3 is 20.1 Å². The minimum atomic E-state index is -0.218. The van der Waals surface area contributed by atoms with Gasteiger partial charge in [-0.2, -0.15) is 5.10 Å². The van der Waals surface area contributed by atoms with Crippen molar-refractivity contribution in [3.05, 3.63) is 30.4 Å². The minimum Gasteiger partial charge on any atom is -0.393 e. The van der Waals surface area contributed by atoms with E-state index >= 15 is 0 Å². The molecular weight excluding hydrogens is 446 g/mol. The van der Waals surface area contributed by atoms with Crippen molar-refractivity contribution in [3.8, 4) is 11.1 Å². The summed E-state index contributed by atoms with van der Waals surface area (Å²) in [5.74, 6) is 0.975. The summed E-state index contributed by atoms with van der Waals surface area (Å²) in [6.45, 7) is 4.52. The van der Waals surface area contributed by atoms with E-state index in [0.29, 0.717) is 18.5 Å². The van der Waals surface area contributed by atoms with Gasteiger partial charge in [0.15, 0.2) is 0 Å². The molecule has 1 aliphatic heterocycles. The van der Waals surface area contributed by atoms with Crippen molar-refractivity contribution in [2.45, 2.75) is 70.1 Å². The number of nitrogens with one attached hydrogen (secondary N) is 1. The molecule has 1 aliphatic carbocycles. The lowest BCUT2D eigenvalue weighted by molar-refractivity contribution is -0.130. The van der Waals surface area contributed by atoms with E-state index in [0.717, 1.165) is 74.0 Å². The molecular formula is C25H35N7O3. The SMILES string of the molecule is COC[C@H](C)Nc1ncc2c(-c3cnn(CC(=O)N4CCCC4)c3)cc(C3CCC(O)CC3)n2n1. The highest BCUT2D eigenvalue weighted by Gasteiger charge is 2.26. The first kappa shape index (κ1) is 23.7. The Labute approximate surface area is 205 Å². The number of hydrogen-bond donors (Lipinski definition) is 2. The molecule has 188 valence electrons. The Morgan fingerprint density at radius 2 is 2.00 bits per heavy atom. The maximum Gasteiger partial charge on any atom is 0.244 e. The number of nitrogens with zero attached hydrogens (tertiary/aromatic N) is 6. The van der Waals surface area contributed by atoms with Gasteiger partial charge in [-0.05, 0) is 51.5 Å². The number of rotatable bonds is 8. The lowest BCUT2D eigenvalue weighted by Gasteiger charge is -2.25. The molecule has 2 fully saturated rings. The highest BCUT2D eigenvalue weighted by atomic mass is 16.5.